The number of amides is 2. The summed E-state index contributed by atoms with van der Waals surface area (Å²) in [6.45, 7) is -0.315. The van der Waals surface area contributed by atoms with Crippen LogP contribution in [0.2, 0.25) is 0 Å². The number of nitrogens with zero attached hydrogens (tertiary/aromatic N) is 1. The van der Waals surface area contributed by atoms with Crippen molar-refractivity contribution in [1.29, 1.82) is 0 Å². The molecule has 0 fully saturated rings. The van der Waals surface area contributed by atoms with Crippen molar-refractivity contribution < 1.29 is 38.3 Å². The van der Waals surface area contributed by atoms with Gasteiger partial charge in [0, 0.05) is 11.3 Å². The van der Waals surface area contributed by atoms with E-state index in [0.29, 0.717) is 6.29 Å². The molecule has 1 aliphatic heterocycles. The van der Waals surface area contributed by atoms with E-state index in [1.54, 1.807) is 6.07 Å². The molecule has 13 heteroatoms. The van der Waals surface area contributed by atoms with E-state index >= 15 is 0 Å². The molecule has 0 bridgehead atoms. The molecule has 1 aromatic heterocycles. The third-order valence-corrected chi connectivity index (χ3v) is 4.89. The number of nitrogens with one attached hydrogen (secondary N) is 2. The number of oxime groups is 1. The predicted octanol–water partition coefficient (Wildman–Crippen LogP) is -0.590. The number of carbonyl (C=O) groups excluding carboxylic acids is 3. The van der Waals surface area contributed by atoms with Crippen molar-refractivity contribution in [3.05, 3.63) is 35.4 Å². The van der Waals surface area contributed by atoms with E-state index in [1.165, 1.54) is 19.4 Å². The number of carboxylic acid groups (broad SMARTS) is 1. The van der Waals surface area contributed by atoms with Crippen LogP contribution in [0.15, 0.2) is 39.2 Å². The first-order valence-electron chi connectivity index (χ1n) is 8.04. The molecular formula is C16H18N4O8S. The summed E-state index contributed by atoms with van der Waals surface area (Å²) in [5, 5.41) is 17.3. The summed E-state index contributed by atoms with van der Waals surface area (Å²) in [6, 6.07) is 1.91. The van der Waals surface area contributed by atoms with Crippen LogP contribution < -0.4 is 16.4 Å². The minimum absolute atomic E-state index is 0.121. The molecule has 2 unspecified atom stereocenters. The van der Waals surface area contributed by atoms with Gasteiger partial charge in [-0.25, -0.2) is 9.59 Å². The molecule has 2 rings (SSSR count). The zero-order valence-electron chi connectivity index (χ0n) is 15.1. The molecule has 0 radical (unpaired) electrons. The number of thioether (sulfide) groups is 1. The molecule has 156 valence electrons. The van der Waals surface area contributed by atoms with Crippen molar-refractivity contribution in [2.75, 3.05) is 19.5 Å². The van der Waals surface area contributed by atoms with Crippen LogP contribution >= 0.6 is 11.8 Å². The first kappa shape index (κ1) is 21.8. The molecular weight excluding hydrogens is 408 g/mol. The average Bonchev–Trinajstić information content (AvgIpc) is 3.22. The van der Waals surface area contributed by atoms with Crippen LogP contribution in [0.5, 0.6) is 0 Å². The number of nitrogens with two attached hydrogens (primary N) is 1. The highest BCUT2D eigenvalue weighted by atomic mass is 32.2. The van der Waals surface area contributed by atoms with Gasteiger partial charge in [-0.3, -0.25) is 4.79 Å². The summed E-state index contributed by atoms with van der Waals surface area (Å²) in [5.41, 5.74) is 4.72. The van der Waals surface area contributed by atoms with Crippen molar-refractivity contribution in [1.82, 2.24) is 10.6 Å². The topological polar surface area (TPSA) is 183 Å². The van der Waals surface area contributed by atoms with Crippen molar-refractivity contribution in [2.45, 2.75) is 11.4 Å². The number of carbonyl (C=O) groups is 4. The number of furan rings is 1. The molecule has 0 aromatic carbocycles. The Bertz CT molecular complexity index is 836. The van der Waals surface area contributed by atoms with Gasteiger partial charge in [-0.1, -0.05) is 5.16 Å². The number of carboxylic acids is 1. The SMILES string of the molecule is CO/N=C(\C(=O)NC(C=O)C1NC(C(=O)O)=C(COC(N)=O)CS1)c1ccco1. The molecule has 0 saturated heterocycles. The Hall–Kier alpha value is -3.48. The molecule has 0 aliphatic carbocycles. The highest BCUT2D eigenvalue weighted by molar-refractivity contribution is 8.00. The smallest absolute Gasteiger partial charge is 0.404 e. The maximum absolute atomic E-state index is 12.5. The molecule has 5 N–H and O–H groups in total. The number of aliphatic carboxylic acids is 1. The van der Waals surface area contributed by atoms with E-state index in [2.05, 4.69) is 25.4 Å². The standard InChI is InChI=1S/C16H18N4O8S/c1-26-20-12(10-3-2-4-27-10)13(22)18-9(5-21)14-19-11(15(23)24)8(7-29-14)6-28-16(17)25/h2-5,9,14,19H,6-7H2,1H3,(H2,17,25)(H,18,22)(H,23,24)/b20-12-. The van der Waals surface area contributed by atoms with E-state index in [0.717, 1.165) is 11.8 Å². The lowest BCUT2D eigenvalue weighted by atomic mass is 10.2. The Morgan fingerprint density at radius 2 is 2.31 bits per heavy atom. The molecule has 0 saturated carbocycles. The fourth-order valence-corrected chi connectivity index (χ4v) is 3.48. The van der Waals surface area contributed by atoms with Gasteiger partial charge in [0.1, 0.15) is 37.1 Å². The zero-order chi connectivity index (χ0) is 21.4. The molecule has 2 amide bonds. The van der Waals surface area contributed by atoms with Gasteiger partial charge in [0.2, 0.25) is 5.71 Å². The number of primary amides is 1. The summed E-state index contributed by atoms with van der Waals surface area (Å²) < 4.78 is 9.75. The number of ether oxygens (including phenoxy) is 1. The summed E-state index contributed by atoms with van der Waals surface area (Å²) in [4.78, 5) is 51.0. The van der Waals surface area contributed by atoms with Crippen LogP contribution in [-0.4, -0.2) is 66.0 Å². The normalized spacial score (nSPS) is 17.7. The second-order valence-electron chi connectivity index (χ2n) is 5.50. The largest absolute Gasteiger partial charge is 0.477 e. The second-order valence-corrected chi connectivity index (χ2v) is 6.63. The maximum Gasteiger partial charge on any atom is 0.404 e. The summed E-state index contributed by atoms with van der Waals surface area (Å²) >= 11 is 1.14. The maximum atomic E-state index is 12.5. The number of aldehydes is 1. The highest BCUT2D eigenvalue weighted by Crippen LogP contribution is 2.24. The lowest BCUT2D eigenvalue weighted by Gasteiger charge is -2.30. The van der Waals surface area contributed by atoms with Crippen molar-refractivity contribution in [3.63, 3.8) is 0 Å². The Labute approximate surface area is 168 Å². The van der Waals surface area contributed by atoms with E-state index in [4.69, 9.17) is 10.2 Å². The van der Waals surface area contributed by atoms with Crippen molar-refractivity contribution in [2.24, 2.45) is 10.9 Å². The molecule has 0 spiro atoms. The predicted molar refractivity (Wildman–Crippen MR) is 99.8 cm³/mol. The lowest BCUT2D eigenvalue weighted by Crippen LogP contribution is -2.53. The monoisotopic (exact) mass is 426 g/mol. The Morgan fingerprint density at radius 3 is 2.86 bits per heavy atom. The van der Waals surface area contributed by atoms with Gasteiger partial charge < -0.3 is 40.3 Å². The minimum Gasteiger partial charge on any atom is -0.477 e. The Morgan fingerprint density at radius 1 is 1.55 bits per heavy atom. The van der Waals surface area contributed by atoms with E-state index < -0.39 is 29.4 Å². The van der Waals surface area contributed by atoms with Crippen LogP contribution in [0.25, 0.3) is 0 Å². The summed E-state index contributed by atoms with van der Waals surface area (Å²) in [7, 11) is 1.24. The number of hydrogen-bond acceptors (Lipinski definition) is 10. The fourth-order valence-electron chi connectivity index (χ4n) is 2.33. The van der Waals surface area contributed by atoms with Crippen LogP contribution in [-0.2, 0) is 24.0 Å². The Balaban J connectivity index is 2.14. The van der Waals surface area contributed by atoms with Gasteiger partial charge in [0.05, 0.1) is 6.26 Å². The first-order valence-corrected chi connectivity index (χ1v) is 9.09. The highest BCUT2D eigenvalue weighted by Gasteiger charge is 2.33. The van der Waals surface area contributed by atoms with Gasteiger partial charge in [0.25, 0.3) is 5.91 Å². The van der Waals surface area contributed by atoms with E-state index in [1.807, 2.05) is 0 Å². The minimum atomic E-state index is -1.31. The summed E-state index contributed by atoms with van der Waals surface area (Å²) in [5.74, 6) is -1.82. The van der Waals surface area contributed by atoms with Crippen molar-refractivity contribution >= 4 is 41.7 Å². The fraction of sp³-hybridized carbons (Fsp3) is 0.312. The molecule has 1 aliphatic rings. The van der Waals surface area contributed by atoms with Gasteiger partial charge in [-0.15, -0.1) is 11.8 Å². The quantitative estimate of drug-likeness (QED) is 0.226. The molecule has 2 heterocycles. The lowest BCUT2D eigenvalue weighted by molar-refractivity contribution is -0.133. The first-order chi connectivity index (χ1) is 13.9. The van der Waals surface area contributed by atoms with Crippen LogP contribution in [0.3, 0.4) is 0 Å². The van der Waals surface area contributed by atoms with Crippen LogP contribution in [0.4, 0.5) is 4.79 Å². The van der Waals surface area contributed by atoms with Gasteiger partial charge in [-0.05, 0) is 12.1 Å². The van der Waals surface area contributed by atoms with Crippen LogP contribution in [0, 0.1) is 0 Å². The molecule has 1 aromatic rings. The number of rotatable bonds is 9. The van der Waals surface area contributed by atoms with E-state index in [-0.39, 0.29) is 35.1 Å². The second kappa shape index (κ2) is 10.2. The molecule has 29 heavy (non-hydrogen) atoms. The number of hydrogen-bond donors (Lipinski definition) is 4. The zero-order valence-corrected chi connectivity index (χ0v) is 15.9. The van der Waals surface area contributed by atoms with E-state index in [9.17, 15) is 24.3 Å². The average molecular weight is 426 g/mol. The van der Waals surface area contributed by atoms with Gasteiger partial charge in [-0.2, -0.15) is 0 Å². The van der Waals surface area contributed by atoms with Gasteiger partial charge in [0.15, 0.2) is 5.76 Å². The third kappa shape index (κ3) is 5.75. The van der Waals surface area contributed by atoms with Crippen molar-refractivity contribution in [3.8, 4) is 0 Å². The summed E-state index contributed by atoms with van der Waals surface area (Å²) in [6.07, 6.45) is 0.748. The van der Waals surface area contributed by atoms with Gasteiger partial charge >= 0.3 is 12.1 Å². The van der Waals surface area contributed by atoms with Crippen LogP contribution in [0.1, 0.15) is 5.76 Å². The molecule has 12 nitrogen and oxygen atoms in total. The third-order valence-electron chi connectivity index (χ3n) is 3.60. The Kier molecular flexibility index (Phi) is 7.65. The molecule has 2 atom stereocenters.